The minimum absolute atomic E-state index is 0.293. The molecule has 9 heteroatoms. The molecular weight excluding hydrogens is 353 g/mol. The molecule has 2 aromatic rings. The normalized spacial score (nSPS) is 11.1. The lowest BCUT2D eigenvalue weighted by Crippen LogP contribution is -2.20. The summed E-state index contributed by atoms with van der Waals surface area (Å²) in [6.07, 6.45) is -4.57. The zero-order valence-electron chi connectivity index (χ0n) is 13.9. The summed E-state index contributed by atoms with van der Waals surface area (Å²) in [7, 11) is 0. The topological polar surface area (TPSA) is 81.5 Å². The Labute approximate surface area is 146 Å². The Hall–Kier alpha value is -3.10. The fraction of sp³-hybridized carbons (Fsp3) is 0.235. The second-order valence-electron chi connectivity index (χ2n) is 5.67. The van der Waals surface area contributed by atoms with Crippen LogP contribution in [0.4, 0.5) is 24.5 Å². The minimum atomic E-state index is -4.57. The third-order valence-corrected chi connectivity index (χ3v) is 3.29. The highest BCUT2D eigenvalue weighted by atomic mass is 19.4. The number of anilines is 1. The molecule has 0 radical (unpaired) electrons. The van der Waals surface area contributed by atoms with Crippen LogP contribution in [0.1, 0.15) is 21.5 Å². The first kappa shape index (κ1) is 19.2. The first-order valence-electron chi connectivity index (χ1n) is 7.43. The molecule has 0 aliphatic rings. The van der Waals surface area contributed by atoms with Crippen molar-refractivity contribution >= 4 is 17.3 Å². The quantitative estimate of drug-likeness (QED) is 0.626. The maximum atomic E-state index is 12.4. The van der Waals surface area contributed by atoms with E-state index < -0.39 is 34.9 Å². The number of carbonyl (C=O) groups is 1. The van der Waals surface area contributed by atoms with Gasteiger partial charge in [-0.05, 0) is 49.2 Å². The van der Waals surface area contributed by atoms with Crippen molar-refractivity contribution in [1.29, 1.82) is 0 Å². The summed E-state index contributed by atoms with van der Waals surface area (Å²) in [5.41, 5.74) is 1.23. The monoisotopic (exact) mass is 368 g/mol. The van der Waals surface area contributed by atoms with Gasteiger partial charge in [0.2, 0.25) is 0 Å². The summed E-state index contributed by atoms with van der Waals surface area (Å²) in [6.45, 7) is 2.07. The number of rotatable bonds is 5. The molecule has 1 amide bonds. The fourth-order valence-corrected chi connectivity index (χ4v) is 2.36. The second-order valence-corrected chi connectivity index (χ2v) is 5.67. The molecule has 0 aromatic heterocycles. The number of hydrogen-bond acceptors (Lipinski definition) is 4. The van der Waals surface area contributed by atoms with Gasteiger partial charge in [-0.25, -0.2) is 0 Å². The fourth-order valence-electron chi connectivity index (χ4n) is 2.36. The van der Waals surface area contributed by atoms with Crippen LogP contribution in [0.15, 0.2) is 36.4 Å². The highest BCUT2D eigenvalue weighted by molar-refractivity contribution is 6.07. The number of ether oxygens (including phenoxy) is 1. The maximum Gasteiger partial charge on any atom is 0.422 e. The first-order valence-corrected chi connectivity index (χ1v) is 7.43. The maximum absolute atomic E-state index is 12.4. The van der Waals surface area contributed by atoms with Crippen LogP contribution in [0, 0.1) is 24.0 Å². The molecule has 2 rings (SSSR count). The third kappa shape index (κ3) is 5.20. The van der Waals surface area contributed by atoms with Crippen molar-refractivity contribution in [3.05, 3.63) is 63.2 Å². The molecule has 0 fully saturated rings. The molecule has 6 nitrogen and oxygen atoms in total. The van der Waals surface area contributed by atoms with E-state index in [0.717, 1.165) is 29.3 Å². The van der Waals surface area contributed by atoms with Crippen LogP contribution in [-0.2, 0) is 0 Å². The standard InChI is InChI=1S/C17H15F3N2O4/c1-10-5-11(2)7-12(6-10)21-16(23)14-8-13(26-9-17(18,19)20)3-4-15(14)22(24)25/h3-8H,9H2,1-2H3,(H,21,23). The lowest BCUT2D eigenvalue weighted by Gasteiger charge is -2.11. The van der Waals surface area contributed by atoms with Gasteiger partial charge in [0.15, 0.2) is 6.61 Å². The molecule has 0 atom stereocenters. The van der Waals surface area contributed by atoms with Gasteiger partial charge in [-0.2, -0.15) is 13.2 Å². The molecule has 0 unspecified atom stereocenters. The predicted octanol–water partition coefficient (Wildman–Crippen LogP) is 4.41. The number of nitro groups is 1. The summed E-state index contributed by atoms with van der Waals surface area (Å²) in [6, 6.07) is 8.08. The van der Waals surface area contributed by atoms with Crippen LogP contribution >= 0.6 is 0 Å². The zero-order chi connectivity index (χ0) is 19.5. The molecule has 0 heterocycles. The third-order valence-electron chi connectivity index (χ3n) is 3.29. The average molecular weight is 368 g/mol. The Morgan fingerprint density at radius 3 is 2.31 bits per heavy atom. The molecule has 0 spiro atoms. The molecule has 1 N–H and O–H groups in total. The molecular formula is C17H15F3N2O4. The minimum Gasteiger partial charge on any atom is -0.484 e. The van der Waals surface area contributed by atoms with E-state index >= 15 is 0 Å². The Morgan fingerprint density at radius 1 is 1.15 bits per heavy atom. The van der Waals surface area contributed by atoms with E-state index in [1.54, 1.807) is 12.1 Å². The number of amides is 1. The lowest BCUT2D eigenvalue weighted by molar-refractivity contribution is -0.385. The van der Waals surface area contributed by atoms with E-state index in [1.165, 1.54) is 0 Å². The summed E-state index contributed by atoms with van der Waals surface area (Å²) in [4.78, 5) is 22.8. The van der Waals surface area contributed by atoms with E-state index in [1.807, 2.05) is 19.9 Å². The second kappa shape index (κ2) is 7.42. The van der Waals surface area contributed by atoms with Crippen molar-refractivity contribution < 1.29 is 27.6 Å². The zero-order valence-corrected chi connectivity index (χ0v) is 13.9. The van der Waals surface area contributed by atoms with Gasteiger partial charge in [-0.15, -0.1) is 0 Å². The highest BCUT2D eigenvalue weighted by Crippen LogP contribution is 2.27. The number of nitrogens with zero attached hydrogens (tertiary/aromatic N) is 1. The molecule has 0 saturated heterocycles. The lowest BCUT2D eigenvalue weighted by atomic mass is 10.1. The van der Waals surface area contributed by atoms with Crippen LogP contribution in [-0.4, -0.2) is 23.6 Å². The van der Waals surface area contributed by atoms with Crippen molar-refractivity contribution in [1.82, 2.24) is 0 Å². The van der Waals surface area contributed by atoms with Crippen LogP contribution in [0.5, 0.6) is 5.75 Å². The summed E-state index contributed by atoms with van der Waals surface area (Å²) >= 11 is 0. The average Bonchev–Trinajstić information content (AvgIpc) is 2.50. The van der Waals surface area contributed by atoms with Gasteiger partial charge in [-0.3, -0.25) is 14.9 Å². The van der Waals surface area contributed by atoms with E-state index in [2.05, 4.69) is 10.1 Å². The number of aryl methyl sites for hydroxylation is 2. The molecule has 0 bridgehead atoms. The van der Waals surface area contributed by atoms with E-state index in [4.69, 9.17) is 0 Å². The molecule has 0 saturated carbocycles. The molecule has 0 aliphatic heterocycles. The van der Waals surface area contributed by atoms with Gasteiger partial charge < -0.3 is 10.1 Å². The van der Waals surface area contributed by atoms with Crippen LogP contribution in [0.25, 0.3) is 0 Å². The molecule has 26 heavy (non-hydrogen) atoms. The van der Waals surface area contributed by atoms with E-state index in [-0.39, 0.29) is 5.75 Å². The number of benzene rings is 2. The van der Waals surface area contributed by atoms with Gasteiger partial charge in [0.05, 0.1) is 4.92 Å². The number of hydrogen-bond donors (Lipinski definition) is 1. The Morgan fingerprint density at radius 2 is 1.77 bits per heavy atom. The number of carbonyl (C=O) groups excluding carboxylic acids is 1. The van der Waals surface area contributed by atoms with Crippen molar-refractivity contribution in [2.45, 2.75) is 20.0 Å². The van der Waals surface area contributed by atoms with Gasteiger partial charge in [0.1, 0.15) is 11.3 Å². The Balaban J connectivity index is 2.31. The van der Waals surface area contributed by atoms with Crippen LogP contribution in [0.3, 0.4) is 0 Å². The number of alkyl halides is 3. The highest BCUT2D eigenvalue weighted by Gasteiger charge is 2.29. The number of halogens is 3. The smallest absolute Gasteiger partial charge is 0.422 e. The number of nitro benzene ring substituents is 1. The summed E-state index contributed by atoms with van der Waals surface area (Å²) < 4.78 is 41.3. The van der Waals surface area contributed by atoms with Crippen molar-refractivity contribution in [2.75, 3.05) is 11.9 Å². The number of nitrogens with one attached hydrogen (secondary N) is 1. The summed E-state index contributed by atoms with van der Waals surface area (Å²) in [5, 5.41) is 13.6. The SMILES string of the molecule is Cc1cc(C)cc(NC(=O)c2cc(OCC(F)(F)F)ccc2[N+](=O)[O-])c1. The molecule has 2 aromatic carbocycles. The van der Waals surface area contributed by atoms with Crippen molar-refractivity contribution in [2.24, 2.45) is 0 Å². The molecule has 0 aliphatic carbocycles. The Bertz CT molecular complexity index is 830. The summed E-state index contributed by atoms with van der Waals surface area (Å²) in [5.74, 6) is -1.11. The van der Waals surface area contributed by atoms with Gasteiger partial charge in [0, 0.05) is 11.8 Å². The van der Waals surface area contributed by atoms with Crippen LogP contribution in [0.2, 0.25) is 0 Å². The van der Waals surface area contributed by atoms with Crippen molar-refractivity contribution in [3.8, 4) is 5.75 Å². The largest absolute Gasteiger partial charge is 0.484 e. The molecule has 138 valence electrons. The van der Waals surface area contributed by atoms with E-state index in [0.29, 0.717) is 5.69 Å². The van der Waals surface area contributed by atoms with Gasteiger partial charge >= 0.3 is 6.18 Å². The van der Waals surface area contributed by atoms with E-state index in [9.17, 15) is 28.1 Å². The van der Waals surface area contributed by atoms with Crippen LogP contribution < -0.4 is 10.1 Å². The van der Waals surface area contributed by atoms with Gasteiger partial charge in [-0.1, -0.05) is 6.07 Å². The predicted molar refractivity (Wildman–Crippen MR) is 88.5 cm³/mol. The first-order chi connectivity index (χ1) is 12.0. The van der Waals surface area contributed by atoms with Gasteiger partial charge in [0.25, 0.3) is 11.6 Å². The Kier molecular flexibility index (Phi) is 5.49. The van der Waals surface area contributed by atoms with Crippen molar-refractivity contribution in [3.63, 3.8) is 0 Å².